The van der Waals surface area contributed by atoms with Crippen LogP contribution in [0.5, 0.6) is 0 Å². The highest BCUT2D eigenvalue weighted by atomic mass is 32.1. The number of aromatic amines is 1. The number of halogens is 1. The summed E-state index contributed by atoms with van der Waals surface area (Å²) >= 11 is 5.13. The lowest BCUT2D eigenvalue weighted by Crippen LogP contribution is -1.97. The lowest BCUT2D eigenvalue weighted by Gasteiger charge is -2.01. The van der Waals surface area contributed by atoms with Crippen LogP contribution in [-0.2, 0) is 6.54 Å². The Kier molecular flexibility index (Phi) is 2.68. The summed E-state index contributed by atoms with van der Waals surface area (Å²) in [4.78, 5) is 3.04. The fourth-order valence-electron chi connectivity index (χ4n) is 1.47. The summed E-state index contributed by atoms with van der Waals surface area (Å²) in [6.07, 6.45) is 1.95. The van der Waals surface area contributed by atoms with E-state index in [0.29, 0.717) is 11.3 Å². The van der Waals surface area contributed by atoms with Gasteiger partial charge in [-0.05, 0) is 36.8 Å². The van der Waals surface area contributed by atoms with Gasteiger partial charge in [-0.2, -0.15) is 0 Å². The Morgan fingerprint density at radius 2 is 2.00 bits per heavy atom. The molecule has 78 valence electrons. The van der Waals surface area contributed by atoms with Crippen LogP contribution < -0.4 is 0 Å². The lowest BCUT2D eigenvalue weighted by atomic mass is 10.2. The molecule has 0 saturated carbocycles. The Hall–Kier alpha value is -1.42. The van der Waals surface area contributed by atoms with Gasteiger partial charge in [-0.1, -0.05) is 12.1 Å². The van der Waals surface area contributed by atoms with Crippen molar-refractivity contribution in [1.29, 1.82) is 0 Å². The Bertz CT molecular complexity index is 510. The topological polar surface area (TPSA) is 20.7 Å². The largest absolute Gasteiger partial charge is 0.335 e. The molecule has 4 heteroatoms. The molecule has 0 aliphatic carbocycles. The molecule has 0 fully saturated rings. The second-order valence-corrected chi connectivity index (χ2v) is 3.88. The average Bonchev–Trinajstić information content (AvgIpc) is 2.49. The molecule has 15 heavy (non-hydrogen) atoms. The molecular weight excluding hydrogens is 211 g/mol. The summed E-state index contributed by atoms with van der Waals surface area (Å²) in [5, 5.41) is 0. The average molecular weight is 222 g/mol. The fourth-order valence-corrected chi connectivity index (χ4v) is 1.75. The van der Waals surface area contributed by atoms with Gasteiger partial charge in [0.2, 0.25) is 0 Å². The van der Waals surface area contributed by atoms with Crippen molar-refractivity contribution in [3.63, 3.8) is 0 Å². The van der Waals surface area contributed by atoms with E-state index in [-0.39, 0.29) is 5.82 Å². The van der Waals surface area contributed by atoms with Crippen LogP contribution in [0, 0.1) is 17.5 Å². The van der Waals surface area contributed by atoms with Gasteiger partial charge in [-0.15, -0.1) is 0 Å². The summed E-state index contributed by atoms with van der Waals surface area (Å²) in [5.41, 5.74) is 2.06. The highest BCUT2D eigenvalue weighted by Gasteiger charge is 1.98. The van der Waals surface area contributed by atoms with Crippen LogP contribution in [0.4, 0.5) is 4.39 Å². The second kappa shape index (κ2) is 3.98. The maximum Gasteiger partial charge on any atom is 0.177 e. The lowest BCUT2D eigenvalue weighted by molar-refractivity contribution is 0.626. The number of hydrogen-bond acceptors (Lipinski definition) is 1. The molecule has 0 spiro atoms. The molecule has 0 amide bonds. The van der Waals surface area contributed by atoms with Crippen LogP contribution in [-0.4, -0.2) is 9.55 Å². The zero-order chi connectivity index (χ0) is 10.8. The van der Waals surface area contributed by atoms with E-state index in [1.165, 1.54) is 12.1 Å². The first-order valence-electron chi connectivity index (χ1n) is 4.65. The van der Waals surface area contributed by atoms with Gasteiger partial charge in [0.05, 0.1) is 0 Å². The highest BCUT2D eigenvalue weighted by molar-refractivity contribution is 7.71. The van der Waals surface area contributed by atoms with E-state index in [9.17, 15) is 4.39 Å². The highest BCUT2D eigenvalue weighted by Crippen LogP contribution is 2.06. The van der Waals surface area contributed by atoms with Gasteiger partial charge in [0.15, 0.2) is 4.77 Å². The maximum atomic E-state index is 12.7. The molecule has 0 aliphatic rings. The van der Waals surface area contributed by atoms with Crippen molar-refractivity contribution in [2.45, 2.75) is 13.5 Å². The first-order valence-corrected chi connectivity index (χ1v) is 5.06. The molecule has 1 N–H and O–H groups in total. The smallest absolute Gasteiger partial charge is 0.177 e. The van der Waals surface area contributed by atoms with Crippen molar-refractivity contribution in [3.05, 3.63) is 52.3 Å². The van der Waals surface area contributed by atoms with Crippen LogP contribution in [0.2, 0.25) is 0 Å². The number of nitrogens with zero attached hydrogens (tertiary/aromatic N) is 1. The standard InChI is InChI=1S/C11H11FN2S/c1-8-6-14(11(15)13-8)7-9-2-4-10(12)5-3-9/h2-6H,7H2,1H3,(H,13,15). The number of H-pyrrole nitrogens is 1. The number of hydrogen-bond donors (Lipinski definition) is 1. The summed E-state index contributed by atoms with van der Waals surface area (Å²) in [6, 6.07) is 6.44. The van der Waals surface area contributed by atoms with Crippen molar-refractivity contribution in [1.82, 2.24) is 9.55 Å². The number of aromatic nitrogens is 2. The molecule has 0 radical (unpaired) electrons. The van der Waals surface area contributed by atoms with Crippen molar-refractivity contribution in [2.24, 2.45) is 0 Å². The van der Waals surface area contributed by atoms with Gasteiger partial charge in [-0.25, -0.2) is 4.39 Å². The summed E-state index contributed by atoms with van der Waals surface area (Å²) < 4.78 is 15.3. The Morgan fingerprint density at radius 1 is 1.33 bits per heavy atom. The number of rotatable bonds is 2. The van der Waals surface area contributed by atoms with E-state index in [4.69, 9.17) is 12.2 Å². The van der Waals surface area contributed by atoms with Crippen LogP contribution in [0.15, 0.2) is 30.5 Å². The molecule has 0 bridgehead atoms. The van der Waals surface area contributed by atoms with E-state index in [0.717, 1.165) is 11.3 Å². The minimum Gasteiger partial charge on any atom is -0.335 e. The van der Waals surface area contributed by atoms with Gasteiger partial charge >= 0.3 is 0 Å². The van der Waals surface area contributed by atoms with E-state index < -0.39 is 0 Å². The maximum absolute atomic E-state index is 12.7. The number of aryl methyl sites for hydroxylation is 1. The van der Waals surface area contributed by atoms with E-state index in [1.807, 2.05) is 17.7 Å². The van der Waals surface area contributed by atoms with Crippen LogP contribution in [0.25, 0.3) is 0 Å². The zero-order valence-corrected chi connectivity index (χ0v) is 9.14. The Balaban J connectivity index is 2.25. The van der Waals surface area contributed by atoms with E-state index >= 15 is 0 Å². The fraction of sp³-hybridized carbons (Fsp3) is 0.182. The minimum atomic E-state index is -0.215. The minimum absolute atomic E-state index is 0.215. The van der Waals surface area contributed by atoms with Crippen LogP contribution in [0.3, 0.4) is 0 Å². The molecule has 0 saturated heterocycles. The third-order valence-electron chi connectivity index (χ3n) is 2.18. The first kappa shape index (κ1) is 10.1. The molecule has 0 aliphatic heterocycles. The van der Waals surface area contributed by atoms with Gasteiger partial charge < -0.3 is 9.55 Å². The van der Waals surface area contributed by atoms with Crippen molar-refractivity contribution in [2.75, 3.05) is 0 Å². The zero-order valence-electron chi connectivity index (χ0n) is 8.33. The number of nitrogens with one attached hydrogen (secondary N) is 1. The van der Waals surface area contributed by atoms with E-state index in [2.05, 4.69) is 4.98 Å². The first-order chi connectivity index (χ1) is 7.15. The van der Waals surface area contributed by atoms with Gasteiger partial charge in [0, 0.05) is 18.4 Å². The monoisotopic (exact) mass is 222 g/mol. The summed E-state index contributed by atoms with van der Waals surface area (Å²) in [6.45, 7) is 2.63. The normalized spacial score (nSPS) is 10.5. The molecule has 0 atom stereocenters. The molecule has 1 aromatic heterocycles. The Morgan fingerprint density at radius 3 is 2.53 bits per heavy atom. The van der Waals surface area contributed by atoms with Gasteiger partial charge in [0.1, 0.15) is 5.82 Å². The molecule has 2 nitrogen and oxygen atoms in total. The molecule has 0 unspecified atom stereocenters. The van der Waals surface area contributed by atoms with Crippen molar-refractivity contribution >= 4 is 12.2 Å². The predicted molar refractivity (Wildman–Crippen MR) is 59.9 cm³/mol. The Labute approximate surface area is 92.4 Å². The molecule has 1 aromatic carbocycles. The second-order valence-electron chi connectivity index (χ2n) is 3.50. The third-order valence-corrected chi connectivity index (χ3v) is 2.52. The summed E-state index contributed by atoms with van der Waals surface area (Å²) in [7, 11) is 0. The molecular formula is C11H11FN2S. The van der Waals surface area contributed by atoms with E-state index in [1.54, 1.807) is 12.1 Å². The van der Waals surface area contributed by atoms with Crippen molar-refractivity contribution < 1.29 is 4.39 Å². The van der Waals surface area contributed by atoms with Gasteiger partial charge in [0.25, 0.3) is 0 Å². The summed E-state index contributed by atoms with van der Waals surface area (Å²) in [5.74, 6) is -0.215. The van der Waals surface area contributed by atoms with Crippen LogP contribution >= 0.6 is 12.2 Å². The van der Waals surface area contributed by atoms with Crippen molar-refractivity contribution in [3.8, 4) is 0 Å². The quantitative estimate of drug-likeness (QED) is 0.774. The molecule has 2 rings (SSSR count). The third kappa shape index (κ3) is 2.33. The molecule has 1 heterocycles. The number of imidazole rings is 1. The van der Waals surface area contributed by atoms with Crippen LogP contribution in [0.1, 0.15) is 11.3 Å². The SMILES string of the molecule is Cc1cn(Cc2ccc(F)cc2)c(=S)[nH]1. The van der Waals surface area contributed by atoms with Gasteiger partial charge in [-0.3, -0.25) is 0 Å². The number of benzene rings is 1. The molecule has 2 aromatic rings. The predicted octanol–water partition coefficient (Wildman–Crippen LogP) is 3.04.